The van der Waals surface area contributed by atoms with E-state index in [1.165, 1.54) is 18.2 Å². The Labute approximate surface area is 126 Å². The Kier molecular flexibility index (Phi) is 3.39. The molecule has 0 spiro atoms. The highest BCUT2D eigenvalue weighted by molar-refractivity contribution is 6.15. The maximum atomic E-state index is 12.3. The van der Waals surface area contributed by atoms with E-state index in [1.807, 2.05) is 0 Å². The normalized spacial score (nSPS) is 14.6. The molecular formula is C17H12O5. The van der Waals surface area contributed by atoms with Crippen LogP contribution in [0.4, 0.5) is 0 Å². The molecule has 5 heteroatoms. The van der Waals surface area contributed by atoms with E-state index in [0.717, 1.165) is 11.3 Å². The molecule has 1 heterocycles. The Bertz CT molecular complexity index is 787. The quantitative estimate of drug-likeness (QED) is 0.881. The zero-order valence-corrected chi connectivity index (χ0v) is 11.7. The van der Waals surface area contributed by atoms with Crippen molar-refractivity contribution in [2.75, 3.05) is 7.11 Å². The molecule has 0 unspecified atom stereocenters. The fraction of sp³-hybridized carbons (Fsp3) is 0.0588. The zero-order chi connectivity index (χ0) is 15.7. The van der Waals surface area contributed by atoms with Crippen LogP contribution in [0.15, 0.2) is 48.2 Å². The molecule has 1 aliphatic rings. The molecule has 1 aliphatic heterocycles. The lowest BCUT2D eigenvalue weighted by Gasteiger charge is -2.01. The summed E-state index contributed by atoms with van der Waals surface area (Å²) in [7, 11) is 1.58. The summed E-state index contributed by atoms with van der Waals surface area (Å²) in [6, 6.07) is 11.4. The standard InChI is InChI=1S/C17H12O5/c1-21-12-5-2-10(3-6-12)8-15-16(18)13-9-11(17(19)20)4-7-14(13)22-15/h2-9H,1H3,(H,19,20)/b15-8-. The second kappa shape index (κ2) is 5.37. The van der Waals surface area contributed by atoms with Crippen LogP contribution in [-0.4, -0.2) is 24.0 Å². The molecule has 0 atom stereocenters. The average molecular weight is 296 g/mol. The second-order valence-corrected chi connectivity index (χ2v) is 4.73. The Morgan fingerprint density at radius 3 is 2.55 bits per heavy atom. The fourth-order valence-electron chi connectivity index (χ4n) is 2.17. The molecule has 0 amide bonds. The minimum absolute atomic E-state index is 0.0568. The molecule has 0 fully saturated rings. The maximum Gasteiger partial charge on any atom is 0.335 e. The number of carboxylic acid groups (broad SMARTS) is 1. The van der Waals surface area contributed by atoms with E-state index in [-0.39, 0.29) is 22.7 Å². The number of methoxy groups -OCH3 is 1. The van der Waals surface area contributed by atoms with Crippen molar-refractivity contribution in [1.29, 1.82) is 0 Å². The lowest BCUT2D eigenvalue weighted by Crippen LogP contribution is -2.00. The summed E-state index contributed by atoms with van der Waals surface area (Å²) in [5.74, 6) is -0.148. The second-order valence-electron chi connectivity index (χ2n) is 4.73. The summed E-state index contributed by atoms with van der Waals surface area (Å²) in [6.07, 6.45) is 1.61. The van der Waals surface area contributed by atoms with Crippen molar-refractivity contribution in [3.63, 3.8) is 0 Å². The molecule has 0 aromatic heterocycles. The smallest absolute Gasteiger partial charge is 0.335 e. The van der Waals surface area contributed by atoms with Crippen LogP contribution in [0.3, 0.4) is 0 Å². The molecule has 5 nitrogen and oxygen atoms in total. The molecule has 1 N–H and O–H groups in total. The molecular weight excluding hydrogens is 284 g/mol. The van der Waals surface area contributed by atoms with Gasteiger partial charge in [-0.2, -0.15) is 0 Å². The first-order chi connectivity index (χ1) is 10.6. The highest BCUT2D eigenvalue weighted by atomic mass is 16.5. The number of fused-ring (bicyclic) bond motifs is 1. The first-order valence-corrected chi connectivity index (χ1v) is 6.54. The number of aromatic carboxylic acids is 1. The molecule has 0 aliphatic carbocycles. The summed E-state index contributed by atoms with van der Waals surface area (Å²) in [5.41, 5.74) is 1.11. The topological polar surface area (TPSA) is 72.8 Å². The molecule has 110 valence electrons. The first-order valence-electron chi connectivity index (χ1n) is 6.54. The third-order valence-electron chi connectivity index (χ3n) is 3.33. The fourth-order valence-corrected chi connectivity index (χ4v) is 2.17. The Balaban J connectivity index is 1.92. The van der Waals surface area contributed by atoms with Gasteiger partial charge >= 0.3 is 5.97 Å². The van der Waals surface area contributed by atoms with Crippen LogP contribution in [0.1, 0.15) is 26.3 Å². The van der Waals surface area contributed by atoms with Gasteiger partial charge in [0.25, 0.3) is 0 Å². The van der Waals surface area contributed by atoms with E-state index >= 15 is 0 Å². The Morgan fingerprint density at radius 1 is 1.18 bits per heavy atom. The van der Waals surface area contributed by atoms with Crippen molar-refractivity contribution in [1.82, 2.24) is 0 Å². The van der Waals surface area contributed by atoms with Gasteiger partial charge in [-0.1, -0.05) is 12.1 Å². The minimum Gasteiger partial charge on any atom is -0.497 e. The minimum atomic E-state index is -1.08. The number of carboxylic acids is 1. The van der Waals surface area contributed by atoms with Crippen LogP contribution in [0, 0.1) is 0 Å². The SMILES string of the molecule is COc1ccc(/C=C2\Oc3ccc(C(=O)O)cc3C2=O)cc1. The number of ether oxygens (including phenoxy) is 2. The molecule has 0 bridgehead atoms. The van der Waals surface area contributed by atoms with Crippen molar-refractivity contribution in [2.24, 2.45) is 0 Å². The highest BCUT2D eigenvalue weighted by Crippen LogP contribution is 2.32. The summed E-state index contributed by atoms with van der Waals surface area (Å²) in [5, 5.41) is 8.97. The number of hydrogen-bond donors (Lipinski definition) is 1. The van der Waals surface area contributed by atoms with Crippen LogP contribution >= 0.6 is 0 Å². The predicted molar refractivity (Wildman–Crippen MR) is 79.3 cm³/mol. The van der Waals surface area contributed by atoms with Crippen molar-refractivity contribution in [2.45, 2.75) is 0 Å². The summed E-state index contributed by atoms with van der Waals surface area (Å²) in [6.45, 7) is 0. The van der Waals surface area contributed by atoms with E-state index < -0.39 is 5.97 Å². The van der Waals surface area contributed by atoms with Gasteiger partial charge in [0.1, 0.15) is 11.5 Å². The third-order valence-corrected chi connectivity index (χ3v) is 3.33. The van der Waals surface area contributed by atoms with Crippen LogP contribution < -0.4 is 9.47 Å². The maximum absolute atomic E-state index is 12.3. The van der Waals surface area contributed by atoms with Crippen molar-refractivity contribution < 1.29 is 24.2 Å². The van der Waals surface area contributed by atoms with Gasteiger partial charge in [0, 0.05) is 0 Å². The van der Waals surface area contributed by atoms with Gasteiger partial charge in [-0.05, 0) is 42.0 Å². The van der Waals surface area contributed by atoms with Gasteiger partial charge in [-0.25, -0.2) is 4.79 Å². The number of benzene rings is 2. The van der Waals surface area contributed by atoms with Gasteiger partial charge < -0.3 is 14.6 Å². The first kappa shape index (κ1) is 13.9. The largest absolute Gasteiger partial charge is 0.497 e. The Morgan fingerprint density at radius 2 is 1.91 bits per heavy atom. The van der Waals surface area contributed by atoms with Crippen molar-refractivity contribution >= 4 is 17.8 Å². The number of carbonyl (C=O) groups excluding carboxylic acids is 1. The molecule has 2 aromatic carbocycles. The predicted octanol–water partition coefficient (Wildman–Crippen LogP) is 3.01. The highest BCUT2D eigenvalue weighted by Gasteiger charge is 2.28. The number of Topliss-reactive ketones (excluding diaryl/α,β-unsaturated/α-hetero) is 1. The van der Waals surface area contributed by atoms with E-state index in [0.29, 0.717) is 5.75 Å². The van der Waals surface area contributed by atoms with Gasteiger partial charge in [0.2, 0.25) is 5.78 Å². The number of allylic oxidation sites excluding steroid dienone is 1. The zero-order valence-electron chi connectivity index (χ0n) is 11.7. The molecule has 3 rings (SSSR count). The van der Waals surface area contributed by atoms with E-state index in [4.69, 9.17) is 14.6 Å². The molecule has 0 saturated heterocycles. The van der Waals surface area contributed by atoms with Gasteiger partial charge in [0.15, 0.2) is 5.76 Å². The molecule has 22 heavy (non-hydrogen) atoms. The molecule has 2 aromatic rings. The Hall–Kier alpha value is -3.08. The number of ketones is 1. The van der Waals surface area contributed by atoms with E-state index in [1.54, 1.807) is 37.5 Å². The average Bonchev–Trinajstić information content (AvgIpc) is 2.84. The summed E-state index contributed by atoms with van der Waals surface area (Å²) >= 11 is 0. The van der Waals surface area contributed by atoms with Crippen molar-refractivity contribution in [3.8, 4) is 11.5 Å². The number of carbonyl (C=O) groups is 2. The number of hydrogen-bond acceptors (Lipinski definition) is 4. The monoisotopic (exact) mass is 296 g/mol. The van der Waals surface area contributed by atoms with Gasteiger partial charge in [-0.15, -0.1) is 0 Å². The van der Waals surface area contributed by atoms with E-state index in [9.17, 15) is 9.59 Å². The van der Waals surface area contributed by atoms with Crippen molar-refractivity contribution in [3.05, 3.63) is 64.9 Å². The molecule has 0 saturated carbocycles. The van der Waals surface area contributed by atoms with Gasteiger partial charge in [0.05, 0.1) is 18.2 Å². The third kappa shape index (κ3) is 2.44. The lowest BCUT2D eigenvalue weighted by molar-refractivity contribution is 0.0697. The summed E-state index contributed by atoms with van der Waals surface area (Å²) < 4.78 is 10.6. The number of rotatable bonds is 3. The van der Waals surface area contributed by atoms with Crippen LogP contribution in [0.25, 0.3) is 6.08 Å². The van der Waals surface area contributed by atoms with Crippen LogP contribution in [0.5, 0.6) is 11.5 Å². The van der Waals surface area contributed by atoms with E-state index in [2.05, 4.69) is 0 Å². The van der Waals surface area contributed by atoms with Crippen LogP contribution in [0.2, 0.25) is 0 Å². The lowest BCUT2D eigenvalue weighted by atomic mass is 10.1. The van der Waals surface area contributed by atoms with Crippen LogP contribution in [-0.2, 0) is 0 Å². The molecule has 0 radical (unpaired) electrons. The van der Waals surface area contributed by atoms with Gasteiger partial charge in [-0.3, -0.25) is 4.79 Å². The summed E-state index contributed by atoms with van der Waals surface area (Å²) in [4.78, 5) is 23.2.